The molecule has 0 aliphatic carbocycles. The average Bonchev–Trinajstić information content (AvgIpc) is 2.04. The molecule has 1 rings (SSSR count). The van der Waals surface area contributed by atoms with E-state index < -0.39 is 0 Å². The van der Waals surface area contributed by atoms with Crippen LogP contribution < -0.4 is 5.73 Å². The van der Waals surface area contributed by atoms with Gasteiger partial charge in [0.2, 0.25) is 0 Å². The van der Waals surface area contributed by atoms with Crippen LogP contribution in [0.15, 0.2) is 0 Å². The van der Waals surface area contributed by atoms with E-state index in [2.05, 4.69) is 4.90 Å². The highest BCUT2D eigenvalue weighted by molar-refractivity contribution is 5.71. The van der Waals surface area contributed by atoms with Crippen molar-refractivity contribution in [1.82, 2.24) is 4.90 Å². The topological polar surface area (TPSA) is 55.6 Å². The van der Waals surface area contributed by atoms with Crippen LogP contribution in [0.1, 0.15) is 19.8 Å². The van der Waals surface area contributed by atoms with Gasteiger partial charge < -0.3 is 10.5 Å². The smallest absolute Gasteiger partial charge is 0.320 e. The Kier molecular flexibility index (Phi) is 4.18. The van der Waals surface area contributed by atoms with Crippen molar-refractivity contribution < 1.29 is 9.53 Å². The molecule has 0 bridgehead atoms. The summed E-state index contributed by atoms with van der Waals surface area (Å²) in [6, 6.07) is 0.225. The summed E-state index contributed by atoms with van der Waals surface area (Å²) >= 11 is 0. The molecule has 0 aromatic rings. The van der Waals surface area contributed by atoms with E-state index in [1.807, 2.05) is 6.92 Å². The van der Waals surface area contributed by atoms with Crippen LogP contribution >= 0.6 is 0 Å². The van der Waals surface area contributed by atoms with Gasteiger partial charge in [-0.3, -0.25) is 9.69 Å². The second kappa shape index (κ2) is 5.19. The fraction of sp³-hybridized carbons (Fsp3) is 0.889. The van der Waals surface area contributed by atoms with Crippen molar-refractivity contribution in [3.8, 4) is 0 Å². The van der Waals surface area contributed by atoms with Crippen molar-refractivity contribution >= 4 is 5.97 Å². The van der Waals surface area contributed by atoms with Gasteiger partial charge in [0.25, 0.3) is 0 Å². The predicted octanol–water partition coefficient (Wildman–Crippen LogP) is -0.0274. The Labute approximate surface area is 79.0 Å². The van der Waals surface area contributed by atoms with Gasteiger partial charge in [0.1, 0.15) is 0 Å². The zero-order valence-electron chi connectivity index (χ0n) is 8.16. The molecule has 0 aromatic heterocycles. The van der Waals surface area contributed by atoms with Gasteiger partial charge in [0, 0.05) is 12.6 Å². The Morgan fingerprint density at radius 3 is 3.08 bits per heavy atom. The molecule has 0 aromatic carbocycles. The van der Waals surface area contributed by atoms with Gasteiger partial charge in [0.15, 0.2) is 0 Å². The van der Waals surface area contributed by atoms with Gasteiger partial charge in [-0.05, 0) is 26.3 Å². The highest BCUT2D eigenvalue weighted by Crippen LogP contribution is 2.07. The van der Waals surface area contributed by atoms with Crippen LogP contribution in [-0.4, -0.2) is 43.2 Å². The Balaban J connectivity index is 2.23. The highest BCUT2D eigenvalue weighted by Gasteiger charge is 2.18. The highest BCUT2D eigenvalue weighted by atomic mass is 16.5. The first-order valence-electron chi connectivity index (χ1n) is 4.86. The lowest BCUT2D eigenvalue weighted by molar-refractivity contribution is -0.144. The number of likely N-dealkylation sites (tertiary alicyclic amines) is 1. The zero-order chi connectivity index (χ0) is 9.68. The SMILES string of the molecule is CCOC(=O)CN1CCCC(N)C1. The third-order valence-electron chi connectivity index (χ3n) is 2.20. The van der Waals surface area contributed by atoms with Crippen molar-refractivity contribution in [2.24, 2.45) is 5.73 Å². The molecule has 1 unspecified atom stereocenters. The Bertz CT molecular complexity index is 173. The van der Waals surface area contributed by atoms with Crippen LogP contribution in [0.2, 0.25) is 0 Å². The van der Waals surface area contributed by atoms with Gasteiger partial charge in [0.05, 0.1) is 13.2 Å². The van der Waals surface area contributed by atoms with Crippen molar-refractivity contribution in [1.29, 1.82) is 0 Å². The molecule has 0 radical (unpaired) electrons. The number of rotatable bonds is 3. The number of piperidine rings is 1. The largest absolute Gasteiger partial charge is 0.465 e. The summed E-state index contributed by atoms with van der Waals surface area (Å²) < 4.78 is 4.86. The molecule has 1 aliphatic rings. The van der Waals surface area contributed by atoms with Gasteiger partial charge in [-0.1, -0.05) is 0 Å². The maximum atomic E-state index is 11.1. The number of nitrogens with zero attached hydrogens (tertiary/aromatic N) is 1. The van der Waals surface area contributed by atoms with Crippen LogP contribution in [0.4, 0.5) is 0 Å². The average molecular weight is 186 g/mol. The molecule has 76 valence electrons. The maximum Gasteiger partial charge on any atom is 0.320 e. The minimum absolute atomic E-state index is 0.142. The fourth-order valence-corrected chi connectivity index (χ4v) is 1.62. The van der Waals surface area contributed by atoms with E-state index in [1.165, 1.54) is 0 Å². The van der Waals surface area contributed by atoms with E-state index in [-0.39, 0.29) is 12.0 Å². The molecule has 1 saturated heterocycles. The number of esters is 1. The van der Waals surface area contributed by atoms with Crippen LogP contribution in [0.25, 0.3) is 0 Å². The van der Waals surface area contributed by atoms with Crippen LogP contribution in [0.5, 0.6) is 0 Å². The van der Waals surface area contributed by atoms with Crippen LogP contribution in [0, 0.1) is 0 Å². The predicted molar refractivity (Wildman–Crippen MR) is 50.3 cm³/mol. The molecule has 0 spiro atoms. The minimum atomic E-state index is -0.142. The molecular formula is C9H18N2O2. The Hall–Kier alpha value is -0.610. The summed E-state index contributed by atoms with van der Waals surface area (Å²) in [6.45, 7) is 4.45. The molecule has 0 amide bonds. The monoisotopic (exact) mass is 186 g/mol. The number of ether oxygens (including phenoxy) is 1. The summed E-state index contributed by atoms with van der Waals surface area (Å²) in [7, 11) is 0. The van der Waals surface area contributed by atoms with Crippen molar-refractivity contribution in [2.75, 3.05) is 26.2 Å². The van der Waals surface area contributed by atoms with E-state index in [0.717, 1.165) is 25.9 Å². The molecule has 1 heterocycles. The molecule has 13 heavy (non-hydrogen) atoms. The van der Waals surface area contributed by atoms with Crippen LogP contribution in [0.3, 0.4) is 0 Å². The first-order chi connectivity index (χ1) is 6.22. The number of hydrogen-bond acceptors (Lipinski definition) is 4. The number of carbonyl (C=O) groups excluding carboxylic acids is 1. The van der Waals surface area contributed by atoms with Gasteiger partial charge in [-0.15, -0.1) is 0 Å². The van der Waals surface area contributed by atoms with Crippen LogP contribution in [-0.2, 0) is 9.53 Å². The Morgan fingerprint density at radius 2 is 2.46 bits per heavy atom. The standard InChI is InChI=1S/C9H18N2O2/c1-2-13-9(12)7-11-5-3-4-8(10)6-11/h8H,2-7,10H2,1H3. The first-order valence-corrected chi connectivity index (χ1v) is 4.86. The molecule has 1 fully saturated rings. The fourth-order valence-electron chi connectivity index (χ4n) is 1.62. The van der Waals surface area contributed by atoms with Crippen molar-refractivity contribution in [2.45, 2.75) is 25.8 Å². The third kappa shape index (κ3) is 3.74. The van der Waals surface area contributed by atoms with Crippen molar-refractivity contribution in [3.05, 3.63) is 0 Å². The molecule has 2 N–H and O–H groups in total. The Morgan fingerprint density at radius 1 is 1.69 bits per heavy atom. The maximum absolute atomic E-state index is 11.1. The normalized spacial score (nSPS) is 24.3. The van der Waals surface area contributed by atoms with E-state index in [0.29, 0.717) is 13.2 Å². The van der Waals surface area contributed by atoms with E-state index in [4.69, 9.17) is 10.5 Å². The van der Waals surface area contributed by atoms with Gasteiger partial charge >= 0.3 is 5.97 Å². The van der Waals surface area contributed by atoms with E-state index >= 15 is 0 Å². The van der Waals surface area contributed by atoms with Gasteiger partial charge in [-0.2, -0.15) is 0 Å². The van der Waals surface area contributed by atoms with E-state index in [9.17, 15) is 4.79 Å². The lowest BCUT2D eigenvalue weighted by atomic mass is 10.1. The molecule has 1 aliphatic heterocycles. The minimum Gasteiger partial charge on any atom is -0.465 e. The zero-order valence-corrected chi connectivity index (χ0v) is 8.16. The molecule has 4 nitrogen and oxygen atoms in total. The summed E-state index contributed by atoms with van der Waals surface area (Å²) in [5.41, 5.74) is 5.78. The second-order valence-electron chi connectivity index (χ2n) is 3.44. The summed E-state index contributed by atoms with van der Waals surface area (Å²) in [5, 5.41) is 0. The number of nitrogens with two attached hydrogens (primary N) is 1. The lowest BCUT2D eigenvalue weighted by Gasteiger charge is -2.29. The van der Waals surface area contributed by atoms with E-state index in [1.54, 1.807) is 0 Å². The quantitative estimate of drug-likeness (QED) is 0.629. The first kappa shape index (κ1) is 10.5. The molecule has 4 heteroatoms. The lowest BCUT2D eigenvalue weighted by Crippen LogP contribution is -2.45. The summed E-state index contributed by atoms with van der Waals surface area (Å²) in [5.74, 6) is -0.142. The summed E-state index contributed by atoms with van der Waals surface area (Å²) in [6.07, 6.45) is 2.15. The third-order valence-corrected chi connectivity index (χ3v) is 2.20. The summed E-state index contributed by atoms with van der Waals surface area (Å²) in [4.78, 5) is 13.2. The van der Waals surface area contributed by atoms with Gasteiger partial charge in [-0.25, -0.2) is 0 Å². The second-order valence-corrected chi connectivity index (χ2v) is 3.44. The molecule has 1 atom stereocenters. The number of hydrogen-bond donors (Lipinski definition) is 1. The number of carbonyl (C=O) groups is 1. The van der Waals surface area contributed by atoms with Crippen molar-refractivity contribution in [3.63, 3.8) is 0 Å². The molecule has 0 saturated carbocycles. The molecular weight excluding hydrogens is 168 g/mol.